The molecule has 0 radical (unpaired) electrons. The van der Waals surface area contributed by atoms with Crippen LogP contribution in [0.1, 0.15) is 65.6 Å². The van der Waals surface area contributed by atoms with E-state index in [9.17, 15) is 12.8 Å². The van der Waals surface area contributed by atoms with Gasteiger partial charge in [0.05, 0.1) is 17.2 Å². The van der Waals surface area contributed by atoms with E-state index < -0.39 is 51.1 Å². The molecule has 7 nitrogen and oxygen atoms in total. The average molecular weight is 516 g/mol. The van der Waals surface area contributed by atoms with Crippen molar-refractivity contribution in [3.63, 3.8) is 0 Å². The number of benzene rings is 2. The SMILES string of the molecule is CC(N=C1NS(=O)(=O)C(Cc2ccc(B3OC(C)(C)C(C)(C)O3)cc2)C(C)(C)O1)c1ccccc1F. The van der Waals surface area contributed by atoms with Crippen LogP contribution < -0.4 is 10.2 Å². The van der Waals surface area contributed by atoms with E-state index in [0.717, 1.165) is 11.0 Å². The van der Waals surface area contributed by atoms with Gasteiger partial charge in [-0.1, -0.05) is 42.5 Å². The molecule has 194 valence electrons. The molecule has 0 saturated carbocycles. The number of rotatable bonds is 5. The first-order valence-electron chi connectivity index (χ1n) is 12.1. The zero-order valence-electron chi connectivity index (χ0n) is 21.8. The van der Waals surface area contributed by atoms with Crippen LogP contribution in [0.2, 0.25) is 0 Å². The number of sulfonamides is 1. The van der Waals surface area contributed by atoms with Gasteiger partial charge in [-0.15, -0.1) is 0 Å². The van der Waals surface area contributed by atoms with Crippen molar-refractivity contribution in [3.05, 3.63) is 65.5 Å². The van der Waals surface area contributed by atoms with Crippen LogP contribution >= 0.6 is 0 Å². The lowest BCUT2D eigenvalue weighted by Crippen LogP contribution is -2.59. The first-order valence-corrected chi connectivity index (χ1v) is 13.6. The van der Waals surface area contributed by atoms with Crippen LogP contribution in [0, 0.1) is 5.82 Å². The van der Waals surface area contributed by atoms with Crippen molar-refractivity contribution in [3.8, 4) is 0 Å². The molecule has 0 amide bonds. The Balaban J connectivity index is 1.50. The summed E-state index contributed by atoms with van der Waals surface area (Å²) in [4.78, 5) is 4.32. The van der Waals surface area contributed by atoms with Crippen molar-refractivity contribution in [1.82, 2.24) is 4.72 Å². The molecule has 2 aromatic carbocycles. The molecule has 2 aliphatic heterocycles. The number of amidine groups is 1. The van der Waals surface area contributed by atoms with Gasteiger partial charge < -0.3 is 14.0 Å². The lowest BCUT2D eigenvalue weighted by atomic mass is 9.78. The highest BCUT2D eigenvalue weighted by atomic mass is 32.2. The summed E-state index contributed by atoms with van der Waals surface area (Å²) in [6.07, 6.45) is 0.238. The minimum atomic E-state index is -3.82. The molecule has 2 unspecified atom stereocenters. The van der Waals surface area contributed by atoms with Crippen LogP contribution in [0.3, 0.4) is 0 Å². The first-order chi connectivity index (χ1) is 16.6. The maximum atomic E-state index is 14.1. The monoisotopic (exact) mass is 516 g/mol. The highest BCUT2D eigenvalue weighted by molar-refractivity contribution is 7.90. The van der Waals surface area contributed by atoms with Crippen LogP contribution in [0.25, 0.3) is 0 Å². The van der Waals surface area contributed by atoms with Gasteiger partial charge in [-0.25, -0.2) is 22.5 Å². The van der Waals surface area contributed by atoms with Gasteiger partial charge in [-0.3, -0.25) is 0 Å². The minimum absolute atomic E-state index is 0.136. The van der Waals surface area contributed by atoms with Crippen LogP contribution in [0.4, 0.5) is 4.39 Å². The molecule has 2 aromatic rings. The van der Waals surface area contributed by atoms with Gasteiger partial charge >= 0.3 is 7.12 Å². The van der Waals surface area contributed by atoms with Crippen molar-refractivity contribution >= 4 is 28.6 Å². The molecule has 2 fully saturated rings. The Hall–Kier alpha value is -2.43. The van der Waals surface area contributed by atoms with Gasteiger partial charge in [-0.05, 0) is 72.0 Å². The van der Waals surface area contributed by atoms with E-state index in [1.165, 1.54) is 6.07 Å². The Bertz CT molecular complexity index is 1250. The van der Waals surface area contributed by atoms with Crippen molar-refractivity contribution < 1.29 is 26.9 Å². The number of hydrogen-bond donors (Lipinski definition) is 1. The summed E-state index contributed by atoms with van der Waals surface area (Å²) in [6.45, 7) is 13.1. The van der Waals surface area contributed by atoms with Crippen LogP contribution in [0.5, 0.6) is 0 Å². The number of nitrogens with zero attached hydrogens (tertiary/aromatic N) is 1. The molecule has 4 rings (SSSR count). The van der Waals surface area contributed by atoms with Crippen LogP contribution in [-0.2, 0) is 30.5 Å². The Labute approximate surface area is 213 Å². The molecule has 0 aliphatic carbocycles. The summed E-state index contributed by atoms with van der Waals surface area (Å²) >= 11 is 0. The van der Waals surface area contributed by atoms with Crippen molar-refractivity contribution in [2.75, 3.05) is 0 Å². The van der Waals surface area contributed by atoms with Gasteiger partial charge in [0.25, 0.3) is 6.02 Å². The van der Waals surface area contributed by atoms with E-state index in [0.29, 0.717) is 5.56 Å². The molecule has 2 heterocycles. The molecule has 1 N–H and O–H groups in total. The molecule has 2 saturated heterocycles. The minimum Gasteiger partial charge on any atom is -0.457 e. The third kappa shape index (κ3) is 5.17. The van der Waals surface area contributed by atoms with E-state index in [-0.39, 0.29) is 12.4 Å². The molecule has 0 aromatic heterocycles. The van der Waals surface area contributed by atoms with E-state index in [1.54, 1.807) is 39.0 Å². The highest BCUT2D eigenvalue weighted by Gasteiger charge is 2.52. The second-order valence-electron chi connectivity index (χ2n) is 11.0. The summed E-state index contributed by atoms with van der Waals surface area (Å²) < 4.78 is 61.2. The summed E-state index contributed by atoms with van der Waals surface area (Å²) in [5.74, 6) is -0.408. The van der Waals surface area contributed by atoms with Gasteiger partial charge in [0.2, 0.25) is 10.0 Å². The fourth-order valence-corrected chi connectivity index (χ4v) is 6.06. The fraction of sp³-hybridized carbons (Fsp3) is 0.500. The van der Waals surface area contributed by atoms with E-state index in [2.05, 4.69) is 9.71 Å². The highest BCUT2D eigenvalue weighted by Crippen LogP contribution is 2.36. The van der Waals surface area contributed by atoms with E-state index in [4.69, 9.17) is 14.0 Å². The number of nitrogens with one attached hydrogen (secondary N) is 1. The second-order valence-corrected chi connectivity index (χ2v) is 12.9. The molecular formula is C26H34BFN2O5S. The molecule has 2 aliphatic rings. The van der Waals surface area contributed by atoms with E-state index >= 15 is 0 Å². The molecule has 0 bridgehead atoms. The van der Waals surface area contributed by atoms with Gasteiger partial charge in [0.15, 0.2) is 0 Å². The maximum absolute atomic E-state index is 14.1. The third-order valence-electron chi connectivity index (χ3n) is 7.33. The zero-order valence-corrected chi connectivity index (χ0v) is 22.6. The predicted molar refractivity (Wildman–Crippen MR) is 139 cm³/mol. The van der Waals surface area contributed by atoms with Crippen molar-refractivity contribution in [1.29, 1.82) is 0 Å². The lowest BCUT2D eigenvalue weighted by molar-refractivity contribution is 0.00578. The van der Waals surface area contributed by atoms with E-state index in [1.807, 2.05) is 52.0 Å². The van der Waals surface area contributed by atoms with Gasteiger partial charge in [0, 0.05) is 5.56 Å². The molecule has 10 heteroatoms. The Kier molecular flexibility index (Phi) is 6.77. The number of hydrogen-bond acceptors (Lipinski definition) is 6. The van der Waals surface area contributed by atoms with Gasteiger partial charge in [0.1, 0.15) is 16.7 Å². The summed E-state index contributed by atoms with van der Waals surface area (Å²) in [5, 5.41) is -0.865. The largest absolute Gasteiger partial charge is 0.494 e. The summed E-state index contributed by atoms with van der Waals surface area (Å²) in [7, 11) is -4.31. The summed E-state index contributed by atoms with van der Waals surface area (Å²) in [5.41, 5.74) is 0.110. The molecule has 0 spiro atoms. The Morgan fingerprint density at radius 2 is 1.58 bits per heavy atom. The number of halogens is 1. The summed E-state index contributed by atoms with van der Waals surface area (Å²) in [6, 6.07) is 13.1. The third-order valence-corrected chi connectivity index (χ3v) is 9.27. The van der Waals surface area contributed by atoms with Crippen LogP contribution in [0.15, 0.2) is 53.5 Å². The first kappa shape index (κ1) is 26.6. The normalized spacial score (nSPS) is 25.7. The topological polar surface area (TPSA) is 86.2 Å². The standard InChI is InChI=1S/C26H34BFN2O5S/c1-17(20-10-8-9-11-21(20)28)29-23-30-36(31,32)22(24(2,3)33-23)16-18-12-14-19(15-13-18)27-34-25(4,5)26(6,7)35-27/h8-15,17,22H,16H2,1-7H3,(H,29,30). The quantitative estimate of drug-likeness (QED) is 0.610. The Morgan fingerprint density at radius 1 is 1.00 bits per heavy atom. The zero-order chi connectivity index (χ0) is 26.5. The average Bonchev–Trinajstić information content (AvgIpc) is 2.98. The van der Waals surface area contributed by atoms with Crippen LogP contribution in [-0.4, -0.2) is 43.6 Å². The second kappa shape index (κ2) is 9.15. The lowest BCUT2D eigenvalue weighted by Gasteiger charge is -2.39. The fourth-order valence-electron chi connectivity index (χ4n) is 4.37. The molecule has 2 atom stereocenters. The number of ether oxygens (including phenoxy) is 1. The molecule has 36 heavy (non-hydrogen) atoms. The van der Waals surface area contributed by atoms with Crippen molar-refractivity contribution in [2.24, 2.45) is 4.99 Å². The smallest absolute Gasteiger partial charge is 0.457 e. The predicted octanol–water partition coefficient (Wildman–Crippen LogP) is 3.88. The Morgan fingerprint density at radius 3 is 2.14 bits per heavy atom. The van der Waals surface area contributed by atoms with Crippen molar-refractivity contribution in [2.45, 2.75) is 83.0 Å². The maximum Gasteiger partial charge on any atom is 0.494 e. The van der Waals surface area contributed by atoms with Gasteiger partial charge in [-0.2, -0.15) is 0 Å². The number of aliphatic imine (C=N–C) groups is 1. The molecular weight excluding hydrogens is 482 g/mol.